The molecule has 0 unspecified atom stereocenters. The second kappa shape index (κ2) is 9.19. The van der Waals surface area contributed by atoms with Crippen LogP contribution in [0.5, 0.6) is 0 Å². The number of rotatable bonds is 6. The molecule has 1 N–H and O–H groups in total. The zero-order valence-electron chi connectivity index (χ0n) is 14.8. The molecule has 0 bridgehead atoms. The molecular weight excluding hydrogens is 370 g/mol. The summed E-state index contributed by atoms with van der Waals surface area (Å²) in [5.74, 6) is -0.933. The predicted molar refractivity (Wildman–Crippen MR) is 103 cm³/mol. The molecule has 1 amide bonds. The van der Waals surface area contributed by atoms with E-state index in [2.05, 4.69) is 17.9 Å². The maximum absolute atomic E-state index is 13.7. The number of halogens is 2. The van der Waals surface area contributed by atoms with E-state index in [0.29, 0.717) is 19.5 Å². The molecule has 1 saturated heterocycles. The quantitative estimate of drug-likeness (QED) is 0.736. The second-order valence-electron chi connectivity index (χ2n) is 6.60. The fraction of sp³-hybridized carbons (Fsp3) is 0.350. The Balaban J connectivity index is 1.52. The van der Waals surface area contributed by atoms with E-state index in [-0.39, 0.29) is 36.1 Å². The van der Waals surface area contributed by atoms with E-state index in [9.17, 15) is 13.6 Å². The average molecular weight is 392 g/mol. The third kappa shape index (κ3) is 5.43. The molecular formula is C20H22F2N2O2S. The van der Waals surface area contributed by atoms with Gasteiger partial charge in [-0.3, -0.25) is 0 Å². The van der Waals surface area contributed by atoms with Crippen molar-refractivity contribution in [3.63, 3.8) is 0 Å². The lowest BCUT2D eigenvalue weighted by Gasteiger charge is -2.24. The molecule has 0 radical (unpaired) electrons. The largest absolute Gasteiger partial charge is 0.445 e. The number of thiol groups is 1. The van der Waals surface area contributed by atoms with Crippen LogP contribution in [0.2, 0.25) is 0 Å². The van der Waals surface area contributed by atoms with Gasteiger partial charge in [-0.05, 0) is 30.2 Å². The highest BCUT2D eigenvalue weighted by Crippen LogP contribution is 2.23. The molecule has 1 aliphatic rings. The molecule has 144 valence electrons. The number of amides is 1. The van der Waals surface area contributed by atoms with E-state index < -0.39 is 11.6 Å². The minimum Gasteiger partial charge on any atom is -0.445 e. The van der Waals surface area contributed by atoms with Crippen molar-refractivity contribution in [2.24, 2.45) is 0 Å². The van der Waals surface area contributed by atoms with Gasteiger partial charge in [0.15, 0.2) is 0 Å². The molecule has 1 heterocycles. The summed E-state index contributed by atoms with van der Waals surface area (Å²) in [5.41, 5.74) is 1.18. The Bertz CT molecular complexity index is 776. The number of hydrogen-bond acceptors (Lipinski definition) is 4. The zero-order chi connectivity index (χ0) is 19.2. The van der Waals surface area contributed by atoms with Crippen LogP contribution >= 0.6 is 12.6 Å². The van der Waals surface area contributed by atoms with Crippen molar-refractivity contribution in [3.8, 4) is 0 Å². The van der Waals surface area contributed by atoms with E-state index in [1.54, 1.807) is 4.90 Å². The van der Waals surface area contributed by atoms with Crippen LogP contribution in [-0.2, 0) is 17.9 Å². The average Bonchev–Trinajstić information content (AvgIpc) is 3.04. The molecule has 3 rings (SSSR count). The second-order valence-corrected chi connectivity index (χ2v) is 7.33. The van der Waals surface area contributed by atoms with E-state index in [0.717, 1.165) is 17.7 Å². The van der Waals surface area contributed by atoms with Crippen molar-refractivity contribution >= 4 is 18.7 Å². The van der Waals surface area contributed by atoms with Crippen molar-refractivity contribution in [1.29, 1.82) is 0 Å². The van der Waals surface area contributed by atoms with Gasteiger partial charge in [-0.1, -0.05) is 30.3 Å². The third-order valence-corrected chi connectivity index (χ3v) is 4.91. The highest BCUT2D eigenvalue weighted by molar-refractivity contribution is 7.81. The fourth-order valence-corrected chi connectivity index (χ4v) is 3.58. The van der Waals surface area contributed by atoms with Crippen LogP contribution in [-0.4, -0.2) is 35.4 Å². The lowest BCUT2D eigenvalue weighted by atomic mass is 10.2. The van der Waals surface area contributed by atoms with Gasteiger partial charge < -0.3 is 15.0 Å². The number of nitrogens with zero attached hydrogens (tertiary/aromatic N) is 1. The molecule has 7 heteroatoms. The van der Waals surface area contributed by atoms with Crippen molar-refractivity contribution in [1.82, 2.24) is 10.2 Å². The monoisotopic (exact) mass is 392 g/mol. The number of carbonyl (C=O) groups is 1. The minimum absolute atomic E-state index is 0.0620. The number of nitrogens with one attached hydrogen (secondary N) is 1. The van der Waals surface area contributed by atoms with Gasteiger partial charge in [0.05, 0.1) is 0 Å². The van der Waals surface area contributed by atoms with Crippen LogP contribution in [0.15, 0.2) is 48.5 Å². The summed E-state index contributed by atoms with van der Waals surface area (Å²) in [6.45, 7) is 1.34. The topological polar surface area (TPSA) is 41.6 Å². The highest BCUT2D eigenvalue weighted by atomic mass is 32.1. The summed E-state index contributed by atoms with van der Waals surface area (Å²) in [5, 5.41) is 3.16. The normalized spacial score (nSPS) is 19.3. The molecule has 0 spiro atoms. The number of carbonyl (C=O) groups excluding carboxylic acids is 1. The third-order valence-electron chi connectivity index (χ3n) is 4.54. The number of ether oxygens (including phenoxy) is 1. The first-order chi connectivity index (χ1) is 13.0. The Morgan fingerprint density at radius 3 is 2.78 bits per heavy atom. The molecule has 1 aliphatic heterocycles. The van der Waals surface area contributed by atoms with Gasteiger partial charge in [0.25, 0.3) is 0 Å². The lowest BCUT2D eigenvalue weighted by molar-refractivity contribution is 0.0919. The van der Waals surface area contributed by atoms with Crippen LogP contribution in [0.25, 0.3) is 0 Å². The van der Waals surface area contributed by atoms with Gasteiger partial charge in [-0.2, -0.15) is 12.6 Å². The maximum Gasteiger partial charge on any atom is 0.410 e. The molecule has 27 heavy (non-hydrogen) atoms. The Morgan fingerprint density at radius 2 is 2.00 bits per heavy atom. The van der Waals surface area contributed by atoms with E-state index >= 15 is 0 Å². The summed E-state index contributed by atoms with van der Waals surface area (Å²) in [4.78, 5) is 14.1. The summed E-state index contributed by atoms with van der Waals surface area (Å²) in [6.07, 6.45) is 0.321. The molecule has 0 aliphatic carbocycles. The van der Waals surface area contributed by atoms with Gasteiger partial charge in [-0.25, -0.2) is 13.6 Å². The first-order valence-corrected chi connectivity index (χ1v) is 9.34. The van der Waals surface area contributed by atoms with Crippen molar-refractivity contribution in [3.05, 3.63) is 71.3 Å². The van der Waals surface area contributed by atoms with Crippen LogP contribution in [0.1, 0.15) is 17.5 Å². The molecule has 2 atom stereocenters. The van der Waals surface area contributed by atoms with Crippen molar-refractivity contribution in [2.75, 3.05) is 13.1 Å². The fourth-order valence-electron chi connectivity index (χ4n) is 3.16. The molecule has 4 nitrogen and oxygen atoms in total. The first-order valence-electron chi connectivity index (χ1n) is 8.83. The molecule has 1 fully saturated rings. The Labute approximate surface area is 162 Å². The molecule has 2 aromatic carbocycles. The lowest BCUT2D eigenvalue weighted by Crippen LogP contribution is -2.41. The minimum atomic E-state index is -0.476. The van der Waals surface area contributed by atoms with Gasteiger partial charge in [0.1, 0.15) is 18.2 Å². The van der Waals surface area contributed by atoms with E-state index in [1.165, 1.54) is 6.07 Å². The molecule has 0 aromatic heterocycles. The Kier molecular flexibility index (Phi) is 6.68. The van der Waals surface area contributed by atoms with Crippen molar-refractivity contribution < 1.29 is 18.3 Å². The molecule has 2 aromatic rings. The van der Waals surface area contributed by atoms with Crippen molar-refractivity contribution in [2.45, 2.75) is 30.9 Å². The number of benzene rings is 2. The molecule has 0 saturated carbocycles. The highest BCUT2D eigenvalue weighted by Gasteiger charge is 2.34. The smallest absolute Gasteiger partial charge is 0.410 e. The predicted octanol–water partition coefficient (Wildman–Crippen LogP) is 3.76. The van der Waals surface area contributed by atoms with Gasteiger partial charge >= 0.3 is 6.09 Å². The van der Waals surface area contributed by atoms with Gasteiger partial charge in [0, 0.05) is 36.5 Å². The first kappa shape index (κ1) is 19.6. The maximum atomic E-state index is 13.7. The van der Waals surface area contributed by atoms with Crippen LogP contribution in [0, 0.1) is 11.6 Å². The van der Waals surface area contributed by atoms with E-state index in [4.69, 9.17) is 4.74 Å². The number of likely N-dealkylation sites (tertiary alicyclic amines) is 1. The van der Waals surface area contributed by atoms with Gasteiger partial charge in [-0.15, -0.1) is 0 Å². The van der Waals surface area contributed by atoms with Crippen LogP contribution in [0.3, 0.4) is 0 Å². The summed E-state index contributed by atoms with van der Waals surface area (Å²) in [6, 6.07) is 12.7. The number of hydrogen-bond donors (Lipinski definition) is 2. The Morgan fingerprint density at radius 1 is 1.22 bits per heavy atom. The van der Waals surface area contributed by atoms with Crippen LogP contribution < -0.4 is 5.32 Å². The van der Waals surface area contributed by atoms with Crippen LogP contribution in [0.4, 0.5) is 13.6 Å². The SMILES string of the molecule is O=C(OCc1ccccc1)N1C[C@H](S)C[C@H]1CNCc1cc(F)ccc1F. The van der Waals surface area contributed by atoms with Gasteiger partial charge in [0.2, 0.25) is 0 Å². The van der Waals surface area contributed by atoms with E-state index in [1.807, 2.05) is 30.3 Å². The summed E-state index contributed by atoms with van der Waals surface area (Å²) < 4.78 is 32.3. The Hall–Kier alpha value is -2.12. The standard InChI is InChI=1S/C20H22F2N2O2S/c21-16-6-7-19(22)15(8-16)10-23-11-17-9-18(27)12-24(17)20(25)26-13-14-4-2-1-3-5-14/h1-8,17-18,23,27H,9-13H2/t17-,18+/m0/s1. The summed E-state index contributed by atoms with van der Waals surface area (Å²) in [7, 11) is 0. The summed E-state index contributed by atoms with van der Waals surface area (Å²) >= 11 is 4.48. The zero-order valence-corrected chi connectivity index (χ0v) is 15.7.